The highest BCUT2D eigenvalue weighted by Crippen LogP contribution is 2.42. The van der Waals surface area contributed by atoms with Gasteiger partial charge in [-0.25, -0.2) is 9.78 Å². The molecule has 19 heavy (non-hydrogen) atoms. The summed E-state index contributed by atoms with van der Waals surface area (Å²) in [5.41, 5.74) is 4.22. The van der Waals surface area contributed by atoms with E-state index in [-0.39, 0.29) is 5.41 Å². The fraction of sp³-hybridized carbons (Fsp3) is 0.714. The average molecular weight is 267 g/mol. The lowest BCUT2D eigenvalue weighted by molar-refractivity contribution is -0.137. The van der Waals surface area contributed by atoms with E-state index in [0.717, 1.165) is 25.7 Å². The zero-order valence-electron chi connectivity index (χ0n) is 12.3. The van der Waals surface area contributed by atoms with Gasteiger partial charge in [-0.2, -0.15) is 0 Å². The van der Waals surface area contributed by atoms with Gasteiger partial charge in [0.05, 0.1) is 6.33 Å². The van der Waals surface area contributed by atoms with E-state index < -0.39 is 11.8 Å². The minimum Gasteiger partial charge on any atom is -0.422 e. The van der Waals surface area contributed by atoms with Crippen LogP contribution in [0.5, 0.6) is 0 Å². The Hall–Kier alpha value is -1.52. The van der Waals surface area contributed by atoms with Crippen molar-refractivity contribution in [3.8, 4) is 0 Å². The Bertz CT molecular complexity index is 395. The molecule has 0 aromatic carbocycles. The molecule has 1 aromatic heterocycles. The van der Waals surface area contributed by atoms with Crippen LogP contribution in [0.4, 0.5) is 4.79 Å². The maximum atomic E-state index is 11.4. The Morgan fingerprint density at radius 1 is 1.37 bits per heavy atom. The number of amides is 1. The molecule has 108 valence electrons. The summed E-state index contributed by atoms with van der Waals surface area (Å²) in [6, 6.07) is 0. The van der Waals surface area contributed by atoms with Gasteiger partial charge < -0.3 is 10.5 Å². The van der Waals surface area contributed by atoms with Crippen molar-refractivity contribution in [2.45, 2.75) is 59.1 Å². The third kappa shape index (κ3) is 3.49. The minimum absolute atomic E-state index is 0.281. The number of rotatable bonds is 6. The second-order valence-electron chi connectivity index (χ2n) is 5.88. The number of hydrogen-bond acceptors (Lipinski definition) is 3. The van der Waals surface area contributed by atoms with E-state index in [1.54, 1.807) is 12.5 Å². The number of aromatic nitrogens is 2. The van der Waals surface area contributed by atoms with Crippen LogP contribution in [0, 0.1) is 5.41 Å². The summed E-state index contributed by atoms with van der Waals surface area (Å²) in [6.07, 6.45) is 8.34. The molecule has 1 heterocycles. The van der Waals surface area contributed by atoms with Crippen LogP contribution in [0.1, 0.15) is 53.4 Å². The van der Waals surface area contributed by atoms with E-state index >= 15 is 0 Å². The topological polar surface area (TPSA) is 70.1 Å². The summed E-state index contributed by atoms with van der Waals surface area (Å²) in [4.78, 5) is 15.4. The molecule has 5 nitrogen and oxygen atoms in total. The molecule has 5 heteroatoms. The summed E-state index contributed by atoms with van der Waals surface area (Å²) in [7, 11) is 0. The maximum Gasteiger partial charge on any atom is 0.406 e. The maximum absolute atomic E-state index is 11.4. The number of nitrogens with zero attached hydrogens (tertiary/aromatic N) is 2. The molecule has 0 saturated carbocycles. The van der Waals surface area contributed by atoms with E-state index in [1.165, 1.54) is 0 Å². The summed E-state index contributed by atoms with van der Waals surface area (Å²) in [5.74, 6) is 0. The average Bonchev–Trinajstić information content (AvgIpc) is 2.79. The molecule has 0 saturated heterocycles. The largest absolute Gasteiger partial charge is 0.422 e. The standard InChI is InChI=1S/C14H25N3O2/c1-5-6-7-8-14(13(2,3)4,19-12(15)18)17-10-9-16-11-17/h9-11H,5-8H2,1-4H3,(H2,15,18). The summed E-state index contributed by atoms with van der Waals surface area (Å²) in [6.45, 7) is 8.27. The van der Waals surface area contributed by atoms with Crippen LogP contribution in [-0.4, -0.2) is 15.6 Å². The molecule has 1 aromatic rings. The quantitative estimate of drug-likeness (QED) is 0.804. The van der Waals surface area contributed by atoms with Crippen LogP contribution in [-0.2, 0) is 10.5 Å². The number of unbranched alkanes of at least 4 members (excludes halogenated alkanes) is 2. The molecule has 0 bridgehead atoms. The van der Waals surface area contributed by atoms with Crippen molar-refractivity contribution in [3.05, 3.63) is 18.7 Å². The van der Waals surface area contributed by atoms with Crippen LogP contribution in [0.3, 0.4) is 0 Å². The molecule has 2 N–H and O–H groups in total. The fourth-order valence-electron chi connectivity index (χ4n) is 2.40. The fourth-order valence-corrected chi connectivity index (χ4v) is 2.40. The van der Waals surface area contributed by atoms with Crippen LogP contribution >= 0.6 is 0 Å². The first-order valence-electron chi connectivity index (χ1n) is 6.80. The first kappa shape index (κ1) is 15.5. The molecule has 0 aliphatic carbocycles. The molecular formula is C14H25N3O2. The Labute approximate surface area is 115 Å². The van der Waals surface area contributed by atoms with Gasteiger partial charge in [-0.3, -0.25) is 4.57 Å². The van der Waals surface area contributed by atoms with Crippen molar-refractivity contribution in [2.75, 3.05) is 0 Å². The number of hydrogen-bond donors (Lipinski definition) is 1. The first-order valence-corrected chi connectivity index (χ1v) is 6.80. The van der Waals surface area contributed by atoms with Crippen molar-refractivity contribution < 1.29 is 9.53 Å². The van der Waals surface area contributed by atoms with Gasteiger partial charge in [-0.1, -0.05) is 40.5 Å². The lowest BCUT2D eigenvalue weighted by Gasteiger charge is -2.44. The third-order valence-electron chi connectivity index (χ3n) is 3.48. The minimum atomic E-state index is -0.787. The molecule has 0 aliphatic rings. The summed E-state index contributed by atoms with van der Waals surface area (Å²) >= 11 is 0. The number of nitrogens with two attached hydrogens (primary N) is 1. The van der Waals surface area contributed by atoms with Gasteiger partial charge in [-0.05, 0) is 6.42 Å². The molecular weight excluding hydrogens is 242 g/mol. The smallest absolute Gasteiger partial charge is 0.406 e. The summed E-state index contributed by atoms with van der Waals surface area (Å²) < 4.78 is 7.41. The van der Waals surface area contributed by atoms with Crippen molar-refractivity contribution in [3.63, 3.8) is 0 Å². The number of primary amides is 1. The molecule has 1 unspecified atom stereocenters. The number of carbonyl (C=O) groups excluding carboxylic acids is 1. The van der Waals surface area contributed by atoms with Crippen molar-refractivity contribution >= 4 is 6.09 Å². The number of carbonyl (C=O) groups is 1. The van der Waals surface area contributed by atoms with Gasteiger partial charge in [0.1, 0.15) is 0 Å². The van der Waals surface area contributed by atoms with Gasteiger partial charge in [0.25, 0.3) is 0 Å². The highest BCUT2D eigenvalue weighted by molar-refractivity contribution is 5.65. The second kappa shape index (κ2) is 6.08. The van der Waals surface area contributed by atoms with Crippen molar-refractivity contribution in [2.24, 2.45) is 11.1 Å². The highest BCUT2D eigenvalue weighted by Gasteiger charge is 2.46. The third-order valence-corrected chi connectivity index (χ3v) is 3.48. The first-order chi connectivity index (χ1) is 8.83. The summed E-state index contributed by atoms with van der Waals surface area (Å²) in [5, 5.41) is 0. The monoisotopic (exact) mass is 267 g/mol. The van der Waals surface area contributed by atoms with Gasteiger partial charge in [0.15, 0.2) is 5.72 Å². The Morgan fingerprint density at radius 3 is 2.47 bits per heavy atom. The van der Waals surface area contributed by atoms with Crippen LogP contribution in [0.25, 0.3) is 0 Å². The Morgan fingerprint density at radius 2 is 2.05 bits per heavy atom. The molecule has 1 atom stereocenters. The predicted octanol–water partition coefficient (Wildman–Crippen LogP) is 3.26. The van der Waals surface area contributed by atoms with Gasteiger partial charge in [-0.15, -0.1) is 0 Å². The molecule has 0 fully saturated rings. The molecule has 1 amide bonds. The predicted molar refractivity (Wildman–Crippen MR) is 74.5 cm³/mol. The van der Waals surface area contributed by atoms with Gasteiger partial charge >= 0.3 is 6.09 Å². The van der Waals surface area contributed by atoms with E-state index in [9.17, 15) is 4.79 Å². The molecule has 1 rings (SSSR count). The zero-order chi connectivity index (χ0) is 14.5. The molecule has 0 spiro atoms. The van der Waals surface area contributed by atoms with E-state index in [2.05, 4.69) is 11.9 Å². The van der Waals surface area contributed by atoms with E-state index in [1.807, 2.05) is 31.5 Å². The van der Waals surface area contributed by atoms with E-state index in [0.29, 0.717) is 0 Å². The van der Waals surface area contributed by atoms with Gasteiger partial charge in [0.2, 0.25) is 0 Å². The van der Waals surface area contributed by atoms with Crippen LogP contribution in [0.15, 0.2) is 18.7 Å². The lowest BCUT2D eigenvalue weighted by atomic mass is 9.79. The Balaban J connectivity index is 3.13. The van der Waals surface area contributed by atoms with Crippen molar-refractivity contribution in [1.82, 2.24) is 9.55 Å². The normalized spacial score (nSPS) is 14.9. The molecule has 0 aliphatic heterocycles. The number of ether oxygens (including phenoxy) is 1. The Kier molecular flexibility index (Phi) is 4.97. The van der Waals surface area contributed by atoms with Crippen LogP contribution < -0.4 is 5.73 Å². The van der Waals surface area contributed by atoms with Crippen molar-refractivity contribution in [1.29, 1.82) is 0 Å². The van der Waals surface area contributed by atoms with Gasteiger partial charge in [0, 0.05) is 24.2 Å². The zero-order valence-corrected chi connectivity index (χ0v) is 12.3. The lowest BCUT2D eigenvalue weighted by Crippen LogP contribution is -2.49. The van der Waals surface area contributed by atoms with Crippen LogP contribution in [0.2, 0.25) is 0 Å². The van der Waals surface area contributed by atoms with E-state index in [4.69, 9.17) is 10.5 Å². The second-order valence-corrected chi connectivity index (χ2v) is 5.88. The number of imidazole rings is 1. The highest BCUT2D eigenvalue weighted by atomic mass is 16.6. The molecule has 0 radical (unpaired) electrons. The SMILES string of the molecule is CCCCCC(OC(N)=O)(n1ccnc1)C(C)(C)C.